The molecule has 0 radical (unpaired) electrons. The van der Waals surface area contributed by atoms with Crippen molar-refractivity contribution in [1.82, 2.24) is 4.98 Å². The molecule has 0 fully saturated rings. The molecule has 0 aliphatic heterocycles. The van der Waals surface area contributed by atoms with Crippen LogP contribution in [-0.2, 0) is 4.79 Å². The van der Waals surface area contributed by atoms with E-state index in [2.05, 4.69) is 17.6 Å². The molecule has 3 aromatic rings. The maximum Gasteiger partial charge on any atom is 0.325 e. The van der Waals surface area contributed by atoms with Crippen molar-refractivity contribution >= 4 is 18.6 Å². The Kier molecular flexibility index (Phi) is 5.94. The molecule has 23 heavy (non-hydrogen) atoms. The van der Waals surface area contributed by atoms with Crippen LogP contribution >= 0.6 is 12.6 Å². The van der Waals surface area contributed by atoms with Crippen LogP contribution in [0.25, 0.3) is 11.3 Å². The number of oxazole rings is 1. The molecule has 0 aliphatic carbocycles. The first kappa shape index (κ1) is 16.8. The van der Waals surface area contributed by atoms with Crippen molar-refractivity contribution in [2.45, 2.75) is 5.25 Å². The van der Waals surface area contributed by atoms with Gasteiger partial charge < -0.3 is 9.52 Å². The van der Waals surface area contributed by atoms with Gasteiger partial charge >= 0.3 is 5.97 Å². The van der Waals surface area contributed by atoms with Crippen molar-refractivity contribution in [2.24, 2.45) is 0 Å². The maximum atomic E-state index is 11.9. The summed E-state index contributed by atoms with van der Waals surface area (Å²) in [4.78, 5) is 14.7. The minimum absolute atomic E-state index is 0.0923. The number of thiol groups is 1. The zero-order valence-corrected chi connectivity index (χ0v) is 12.9. The minimum Gasteiger partial charge on any atom is -0.480 e. The van der Waals surface area contributed by atoms with E-state index >= 15 is 0 Å². The average molecular weight is 331 g/mol. The van der Waals surface area contributed by atoms with Crippen molar-refractivity contribution < 1.29 is 18.7 Å². The topological polar surface area (TPSA) is 63.3 Å². The van der Waals surface area contributed by atoms with E-state index in [4.69, 9.17) is 9.52 Å². The van der Waals surface area contributed by atoms with Gasteiger partial charge in [0.2, 0.25) is 5.89 Å². The van der Waals surface area contributed by atoms with Crippen LogP contribution < -0.4 is 0 Å². The molecule has 1 atom stereocenters. The molecular formula is C17H14FNO3S. The fraction of sp³-hybridized carbons (Fsp3) is 0.0588. The number of carbonyl (C=O) groups is 1. The van der Waals surface area contributed by atoms with Crippen LogP contribution in [0.5, 0.6) is 0 Å². The van der Waals surface area contributed by atoms with Crippen LogP contribution in [0.2, 0.25) is 0 Å². The fourth-order valence-electron chi connectivity index (χ4n) is 1.68. The molecular weight excluding hydrogens is 317 g/mol. The van der Waals surface area contributed by atoms with E-state index in [0.717, 1.165) is 5.56 Å². The third-order valence-electron chi connectivity index (χ3n) is 2.79. The number of aromatic nitrogens is 1. The SMILES string of the molecule is Fc1ccccc1.O=C(O)C(S)c1nc(-c2ccccc2)co1. The summed E-state index contributed by atoms with van der Waals surface area (Å²) >= 11 is 3.88. The molecule has 2 aromatic carbocycles. The first-order valence-electron chi connectivity index (χ1n) is 6.70. The smallest absolute Gasteiger partial charge is 0.325 e. The van der Waals surface area contributed by atoms with Gasteiger partial charge in [-0.15, -0.1) is 0 Å². The standard InChI is InChI=1S/C11H9NO3S.C6H5F/c13-11(14)9(16)10-12-8(6-15-10)7-4-2-1-3-5-7;7-6-4-2-1-3-5-6/h1-6,9,16H,(H,13,14);1-5H. The van der Waals surface area contributed by atoms with Crippen LogP contribution in [0.1, 0.15) is 11.1 Å². The molecule has 0 aliphatic rings. The third-order valence-corrected chi connectivity index (χ3v) is 3.23. The number of hydrogen-bond donors (Lipinski definition) is 2. The molecule has 0 saturated carbocycles. The van der Waals surface area contributed by atoms with E-state index in [1.54, 1.807) is 18.2 Å². The van der Waals surface area contributed by atoms with Gasteiger partial charge in [0.05, 0.1) is 0 Å². The third kappa shape index (κ3) is 4.96. The van der Waals surface area contributed by atoms with Gasteiger partial charge in [0.1, 0.15) is 17.8 Å². The molecule has 1 heterocycles. The second-order valence-electron chi connectivity index (χ2n) is 4.47. The highest BCUT2D eigenvalue weighted by Crippen LogP contribution is 2.24. The Morgan fingerprint density at radius 2 is 1.65 bits per heavy atom. The number of rotatable bonds is 3. The summed E-state index contributed by atoms with van der Waals surface area (Å²) in [6, 6.07) is 17.3. The molecule has 6 heteroatoms. The van der Waals surface area contributed by atoms with E-state index in [1.807, 2.05) is 30.3 Å². The Bertz CT molecular complexity index is 747. The number of halogens is 1. The van der Waals surface area contributed by atoms with Gasteiger partial charge in [0.25, 0.3) is 0 Å². The number of carboxylic acids is 1. The highest BCUT2D eigenvalue weighted by Gasteiger charge is 2.20. The van der Waals surface area contributed by atoms with E-state index in [1.165, 1.54) is 18.4 Å². The Balaban J connectivity index is 0.000000229. The Morgan fingerprint density at radius 1 is 1.09 bits per heavy atom. The number of benzene rings is 2. The molecule has 1 aromatic heterocycles. The lowest BCUT2D eigenvalue weighted by molar-refractivity contribution is -0.136. The number of hydrogen-bond acceptors (Lipinski definition) is 4. The summed E-state index contributed by atoms with van der Waals surface area (Å²) in [5.74, 6) is -1.16. The maximum absolute atomic E-state index is 11.9. The average Bonchev–Trinajstić information content (AvgIpc) is 3.06. The summed E-state index contributed by atoms with van der Waals surface area (Å²) in [5.41, 5.74) is 1.49. The van der Waals surface area contributed by atoms with Gasteiger partial charge in [-0.1, -0.05) is 48.5 Å². The van der Waals surface area contributed by atoms with E-state index in [-0.39, 0.29) is 11.7 Å². The Labute approximate surface area is 138 Å². The summed E-state index contributed by atoms with van der Waals surface area (Å²) in [6.07, 6.45) is 1.43. The molecule has 1 N–H and O–H groups in total. The van der Waals surface area contributed by atoms with Crippen LogP contribution in [0.4, 0.5) is 4.39 Å². The molecule has 1 unspecified atom stereocenters. The van der Waals surface area contributed by atoms with Gasteiger partial charge in [0, 0.05) is 5.56 Å². The number of aliphatic carboxylic acids is 1. The lowest BCUT2D eigenvalue weighted by atomic mass is 10.2. The summed E-state index contributed by atoms with van der Waals surface area (Å²) in [5, 5.41) is 7.71. The summed E-state index contributed by atoms with van der Waals surface area (Å²) < 4.78 is 17.0. The monoisotopic (exact) mass is 331 g/mol. The van der Waals surface area contributed by atoms with Crippen molar-refractivity contribution in [3.63, 3.8) is 0 Å². The first-order valence-corrected chi connectivity index (χ1v) is 7.22. The van der Waals surface area contributed by atoms with Gasteiger partial charge in [-0.25, -0.2) is 9.37 Å². The summed E-state index contributed by atoms with van der Waals surface area (Å²) in [6.45, 7) is 0. The quantitative estimate of drug-likeness (QED) is 0.705. The Morgan fingerprint density at radius 3 is 2.13 bits per heavy atom. The van der Waals surface area contributed by atoms with E-state index < -0.39 is 11.2 Å². The van der Waals surface area contributed by atoms with Crippen molar-refractivity contribution in [2.75, 3.05) is 0 Å². The van der Waals surface area contributed by atoms with Crippen LogP contribution in [0.3, 0.4) is 0 Å². The van der Waals surface area contributed by atoms with Crippen LogP contribution in [-0.4, -0.2) is 16.1 Å². The van der Waals surface area contributed by atoms with Gasteiger partial charge in [-0.05, 0) is 12.1 Å². The van der Waals surface area contributed by atoms with Crippen LogP contribution in [0.15, 0.2) is 71.3 Å². The molecule has 118 valence electrons. The predicted octanol–water partition coefficient (Wildman–Crippen LogP) is 4.22. The molecule has 0 saturated heterocycles. The molecule has 0 bridgehead atoms. The zero-order chi connectivity index (χ0) is 16.7. The van der Waals surface area contributed by atoms with E-state index in [9.17, 15) is 9.18 Å². The minimum atomic E-state index is -1.08. The van der Waals surface area contributed by atoms with Crippen molar-refractivity contribution in [1.29, 1.82) is 0 Å². The number of carboxylic acid groups (broad SMARTS) is 1. The van der Waals surface area contributed by atoms with E-state index in [0.29, 0.717) is 5.69 Å². The molecule has 0 amide bonds. The zero-order valence-electron chi connectivity index (χ0n) is 12.0. The highest BCUT2D eigenvalue weighted by molar-refractivity contribution is 7.81. The van der Waals surface area contributed by atoms with Crippen LogP contribution in [0, 0.1) is 5.82 Å². The second-order valence-corrected chi connectivity index (χ2v) is 4.99. The van der Waals surface area contributed by atoms with Crippen molar-refractivity contribution in [3.05, 3.63) is 78.6 Å². The highest BCUT2D eigenvalue weighted by atomic mass is 32.1. The largest absolute Gasteiger partial charge is 0.480 e. The fourth-order valence-corrected chi connectivity index (χ4v) is 1.79. The lowest BCUT2D eigenvalue weighted by Gasteiger charge is -1.97. The second kappa shape index (κ2) is 8.14. The Hall–Kier alpha value is -2.60. The van der Waals surface area contributed by atoms with Gasteiger partial charge in [-0.2, -0.15) is 12.6 Å². The predicted molar refractivity (Wildman–Crippen MR) is 87.7 cm³/mol. The van der Waals surface area contributed by atoms with Crippen molar-refractivity contribution in [3.8, 4) is 11.3 Å². The normalized spacial score (nSPS) is 11.2. The lowest BCUT2D eigenvalue weighted by Crippen LogP contribution is -2.05. The molecule has 4 nitrogen and oxygen atoms in total. The summed E-state index contributed by atoms with van der Waals surface area (Å²) in [7, 11) is 0. The van der Waals surface area contributed by atoms with Gasteiger partial charge in [0.15, 0.2) is 5.25 Å². The first-order chi connectivity index (χ1) is 11.1. The van der Waals surface area contributed by atoms with Gasteiger partial charge in [-0.3, -0.25) is 4.79 Å². The number of nitrogens with zero attached hydrogens (tertiary/aromatic N) is 1. The molecule has 0 spiro atoms. The molecule has 3 rings (SSSR count).